The molecule has 21 heavy (non-hydrogen) atoms. The van der Waals surface area contributed by atoms with Crippen molar-refractivity contribution in [2.75, 3.05) is 5.75 Å². The largest absolute Gasteiger partial charge is 0.355 e. The zero-order valence-corrected chi connectivity index (χ0v) is 13.5. The molecule has 112 valence electrons. The van der Waals surface area contributed by atoms with Crippen molar-refractivity contribution in [3.63, 3.8) is 0 Å². The van der Waals surface area contributed by atoms with Crippen molar-refractivity contribution >= 4 is 23.3 Å². The van der Waals surface area contributed by atoms with Gasteiger partial charge in [-0.3, -0.25) is 9.59 Å². The van der Waals surface area contributed by atoms with Crippen LogP contribution in [-0.2, 0) is 6.54 Å². The molecule has 2 heterocycles. The highest BCUT2D eigenvalue weighted by Crippen LogP contribution is 2.22. The second kappa shape index (κ2) is 6.30. The Hall–Kier alpha value is -1.82. The number of nitrogens with one attached hydrogen (secondary N) is 1. The Labute approximate surface area is 128 Å². The molecule has 2 aromatic rings. The van der Waals surface area contributed by atoms with E-state index in [1.54, 1.807) is 6.20 Å². The van der Waals surface area contributed by atoms with Crippen LogP contribution < -0.4 is 0 Å². The number of H-pyrrole nitrogens is 1. The molecule has 2 rings (SSSR count). The highest BCUT2D eigenvalue weighted by molar-refractivity contribution is 7.99. The zero-order valence-electron chi connectivity index (χ0n) is 12.7. The van der Waals surface area contributed by atoms with E-state index < -0.39 is 0 Å². The van der Waals surface area contributed by atoms with Gasteiger partial charge >= 0.3 is 0 Å². The van der Waals surface area contributed by atoms with Crippen LogP contribution in [0.4, 0.5) is 0 Å². The molecule has 0 atom stereocenters. The summed E-state index contributed by atoms with van der Waals surface area (Å²) in [4.78, 5) is 31.2. The van der Waals surface area contributed by atoms with Gasteiger partial charge in [-0.2, -0.15) is 0 Å². The average Bonchev–Trinajstić information content (AvgIpc) is 2.99. The monoisotopic (exact) mass is 305 g/mol. The minimum atomic E-state index is -0.0190. The molecule has 0 fully saturated rings. The summed E-state index contributed by atoms with van der Waals surface area (Å²) in [6, 6.07) is 0. The molecule has 0 amide bonds. The van der Waals surface area contributed by atoms with Crippen LogP contribution in [0.3, 0.4) is 0 Å². The van der Waals surface area contributed by atoms with Crippen molar-refractivity contribution in [2.45, 2.75) is 39.4 Å². The van der Waals surface area contributed by atoms with E-state index in [2.05, 4.69) is 9.97 Å². The Morgan fingerprint density at radius 2 is 2.10 bits per heavy atom. The lowest BCUT2D eigenvalue weighted by Crippen LogP contribution is -2.07. The molecule has 0 aliphatic heterocycles. The summed E-state index contributed by atoms with van der Waals surface area (Å²) in [5.74, 6) is 0.267. The summed E-state index contributed by atoms with van der Waals surface area (Å²) in [5.41, 5.74) is 2.64. The van der Waals surface area contributed by atoms with E-state index in [-0.39, 0.29) is 11.6 Å². The molecule has 6 heteroatoms. The number of carbonyl (C=O) groups excluding carboxylic acids is 2. The first-order valence-electron chi connectivity index (χ1n) is 6.82. The van der Waals surface area contributed by atoms with E-state index in [9.17, 15) is 9.59 Å². The van der Waals surface area contributed by atoms with Crippen LogP contribution in [0.15, 0.2) is 17.6 Å². The molecule has 0 aliphatic rings. The van der Waals surface area contributed by atoms with Crippen LogP contribution >= 0.6 is 11.8 Å². The molecule has 1 N–H and O–H groups in total. The molecule has 0 bridgehead atoms. The van der Waals surface area contributed by atoms with Crippen molar-refractivity contribution in [3.8, 4) is 0 Å². The van der Waals surface area contributed by atoms with E-state index in [1.807, 2.05) is 31.5 Å². The van der Waals surface area contributed by atoms with Gasteiger partial charge in [0, 0.05) is 30.2 Å². The zero-order chi connectivity index (χ0) is 15.6. The maximum Gasteiger partial charge on any atom is 0.189 e. The molecule has 0 aliphatic carbocycles. The van der Waals surface area contributed by atoms with Gasteiger partial charge in [0.1, 0.15) is 0 Å². The van der Waals surface area contributed by atoms with Crippen LogP contribution in [0.5, 0.6) is 0 Å². The molecule has 0 spiro atoms. The fourth-order valence-electron chi connectivity index (χ4n) is 2.44. The Kier molecular flexibility index (Phi) is 4.67. The number of Topliss-reactive ketones (excluding diaryl/α,β-unsaturated/α-hetero) is 2. The number of aromatic amines is 1. The van der Waals surface area contributed by atoms with Crippen LogP contribution in [0, 0.1) is 13.8 Å². The summed E-state index contributed by atoms with van der Waals surface area (Å²) in [6.07, 6.45) is 3.62. The highest BCUT2D eigenvalue weighted by Gasteiger charge is 2.20. The molecular formula is C15H19N3O2S. The van der Waals surface area contributed by atoms with E-state index in [0.717, 1.165) is 23.0 Å². The summed E-state index contributed by atoms with van der Waals surface area (Å²) in [7, 11) is 0. The number of carbonyl (C=O) groups is 2. The van der Waals surface area contributed by atoms with Crippen LogP contribution in [0.1, 0.15) is 46.0 Å². The fraction of sp³-hybridized carbons (Fsp3) is 0.400. The predicted octanol–water partition coefficient (Wildman–Crippen LogP) is 3.03. The van der Waals surface area contributed by atoms with Gasteiger partial charge in [0.05, 0.1) is 11.4 Å². The average molecular weight is 305 g/mol. The number of aryl methyl sites for hydroxylation is 2. The lowest BCUT2D eigenvalue weighted by molar-refractivity contribution is 0.101. The first-order chi connectivity index (χ1) is 9.95. The van der Waals surface area contributed by atoms with Gasteiger partial charge in [-0.1, -0.05) is 11.8 Å². The third-order valence-corrected chi connectivity index (χ3v) is 4.42. The molecule has 0 radical (unpaired) electrons. The minimum absolute atomic E-state index is 0.0150. The van der Waals surface area contributed by atoms with E-state index >= 15 is 0 Å². The second-order valence-corrected chi connectivity index (χ2v) is 5.83. The molecular weight excluding hydrogens is 286 g/mol. The number of imidazole rings is 1. The number of thioether (sulfide) groups is 1. The number of rotatable bonds is 6. The van der Waals surface area contributed by atoms with Crippen molar-refractivity contribution < 1.29 is 9.59 Å². The van der Waals surface area contributed by atoms with Gasteiger partial charge in [0.25, 0.3) is 0 Å². The second-order valence-electron chi connectivity index (χ2n) is 4.89. The Balaban J connectivity index is 2.14. The first kappa shape index (κ1) is 15.6. The molecule has 0 saturated carbocycles. The normalized spacial score (nSPS) is 10.9. The molecule has 5 nitrogen and oxygen atoms in total. The number of ketones is 2. The van der Waals surface area contributed by atoms with Crippen molar-refractivity contribution in [1.82, 2.24) is 14.5 Å². The summed E-state index contributed by atoms with van der Waals surface area (Å²) in [6.45, 7) is 8.00. The van der Waals surface area contributed by atoms with E-state index in [0.29, 0.717) is 17.0 Å². The molecule has 0 saturated heterocycles. The summed E-state index contributed by atoms with van der Waals surface area (Å²) < 4.78 is 1.99. The third-order valence-electron chi connectivity index (χ3n) is 3.42. The maximum absolute atomic E-state index is 12.3. The van der Waals surface area contributed by atoms with Crippen molar-refractivity contribution in [3.05, 3.63) is 34.9 Å². The van der Waals surface area contributed by atoms with Crippen molar-refractivity contribution in [2.24, 2.45) is 0 Å². The van der Waals surface area contributed by atoms with Gasteiger partial charge in [-0.05, 0) is 33.3 Å². The molecule has 2 aromatic heterocycles. The van der Waals surface area contributed by atoms with Crippen LogP contribution in [-0.4, -0.2) is 31.9 Å². The maximum atomic E-state index is 12.3. The predicted molar refractivity (Wildman–Crippen MR) is 83.2 cm³/mol. The number of aromatic nitrogens is 3. The van der Waals surface area contributed by atoms with E-state index in [1.165, 1.54) is 18.7 Å². The van der Waals surface area contributed by atoms with Crippen LogP contribution in [0.25, 0.3) is 0 Å². The van der Waals surface area contributed by atoms with Gasteiger partial charge in [-0.15, -0.1) is 0 Å². The minimum Gasteiger partial charge on any atom is -0.355 e. The summed E-state index contributed by atoms with van der Waals surface area (Å²) >= 11 is 1.41. The standard InChI is InChI=1S/C15H19N3O2S/c1-5-18-7-6-16-15(18)21-8-12(20)14-9(2)13(11(4)19)10(3)17-14/h6-7,17H,5,8H2,1-4H3. The molecule has 0 aromatic carbocycles. The van der Waals surface area contributed by atoms with Gasteiger partial charge in [0.15, 0.2) is 16.7 Å². The molecule has 0 unspecified atom stereocenters. The first-order valence-corrected chi connectivity index (χ1v) is 7.81. The number of hydrogen-bond acceptors (Lipinski definition) is 4. The van der Waals surface area contributed by atoms with E-state index in [4.69, 9.17) is 0 Å². The SMILES string of the molecule is CCn1ccnc1SCC(=O)c1[nH]c(C)c(C(C)=O)c1C. The van der Waals surface area contributed by atoms with Gasteiger partial charge in [0.2, 0.25) is 0 Å². The van der Waals surface area contributed by atoms with Crippen molar-refractivity contribution in [1.29, 1.82) is 0 Å². The number of hydrogen-bond donors (Lipinski definition) is 1. The Morgan fingerprint density at radius 3 is 2.67 bits per heavy atom. The number of nitrogens with zero attached hydrogens (tertiary/aromatic N) is 2. The Bertz CT molecular complexity index is 685. The Morgan fingerprint density at radius 1 is 1.38 bits per heavy atom. The third kappa shape index (κ3) is 3.10. The van der Waals surface area contributed by atoms with Gasteiger partial charge < -0.3 is 9.55 Å². The quantitative estimate of drug-likeness (QED) is 0.658. The topological polar surface area (TPSA) is 67.8 Å². The highest BCUT2D eigenvalue weighted by atomic mass is 32.2. The van der Waals surface area contributed by atoms with Crippen LogP contribution in [0.2, 0.25) is 0 Å². The smallest absolute Gasteiger partial charge is 0.189 e. The fourth-order valence-corrected chi connectivity index (χ4v) is 3.33. The summed E-state index contributed by atoms with van der Waals surface area (Å²) in [5, 5.41) is 0.832. The van der Waals surface area contributed by atoms with Gasteiger partial charge in [-0.25, -0.2) is 4.98 Å². The lowest BCUT2D eigenvalue weighted by atomic mass is 10.1. The lowest BCUT2D eigenvalue weighted by Gasteiger charge is -2.04.